The second kappa shape index (κ2) is 12.4. The number of hydrogen-bond acceptors (Lipinski definition) is 7. The van der Waals surface area contributed by atoms with E-state index in [1.165, 1.54) is 5.56 Å². The van der Waals surface area contributed by atoms with Gasteiger partial charge in [-0.2, -0.15) is 0 Å². The number of benzene rings is 3. The van der Waals surface area contributed by atoms with Crippen LogP contribution in [0, 0.1) is 0 Å². The predicted octanol–water partition coefficient (Wildman–Crippen LogP) is 5.20. The predicted molar refractivity (Wildman–Crippen MR) is 149 cm³/mol. The SMILES string of the molecule is COc1ccc(OCC(CN2c3ccccc3OCCC2c2ccc(OC)cc2)N2CCC(OC)C2)cc1. The molecule has 0 N–H and O–H groups in total. The lowest BCUT2D eigenvalue weighted by molar-refractivity contribution is 0.0923. The van der Waals surface area contributed by atoms with Crippen molar-refractivity contribution in [3.8, 4) is 23.0 Å². The van der Waals surface area contributed by atoms with Crippen LogP contribution in [0.1, 0.15) is 24.4 Å². The summed E-state index contributed by atoms with van der Waals surface area (Å²) >= 11 is 0. The molecule has 7 nitrogen and oxygen atoms in total. The number of para-hydroxylation sites is 2. The van der Waals surface area contributed by atoms with Crippen LogP contribution in [0.25, 0.3) is 0 Å². The van der Waals surface area contributed by atoms with Gasteiger partial charge < -0.3 is 28.6 Å². The third-order valence-corrected chi connectivity index (χ3v) is 7.64. The van der Waals surface area contributed by atoms with Gasteiger partial charge in [0, 0.05) is 33.2 Å². The Bertz CT molecular complexity index is 1150. The first-order valence-corrected chi connectivity index (χ1v) is 13.3. The molecule has 0 spiro atoms. The van der Waals surface area contributed by atoms with E-state index in [9.17, 15) is 0 Å². The molecule has 3 aromatic rings. The Balaban J connectivity index is 1.44. The van der Waals surface area contributed by atoms with Gasteiger partial charge in [-0.05, 0) is 60.5 Å². The fourth-order valence-corrected chi connectivity index (χ4v) is 5.46. The third-order valence-electron chi connectivity index (χ3n) is 7.64. The molecule has 1 fully saturated rings. The van der Waals surface area contributed by atoms with Crippen LogP contribution in [-0.2, 0) is 4.74 Å². The van der Waals surface area contributed by atoms with Crippen molar-refractivity contribution in [1.82, 2.24) is 4.90 Å². The van der Waals surface area contributed by atoms with Gasteiger partial charge >= 0.3 is 0 Å². The average Bonchev–Trinajstić information content (AvgIpc) is 3.38. The van der Waals surface area contributed by atoms with E-state index < -0.39 is 0 Å². The number of nitrogens with zero attached hydrogens (tertiary/aromatic N) is 2. The molecular formula is C31H38N2O5. The van der Waals surface area contributed by atoms with Crippen LogP contribution < -0.4 is 23.8 Å². The van der Waals surface area contributed by atoms with Gasteiger partial charge in [-0.1, -0.05) is 24.3 Å². The van der Waals surface area contributed by atoms with E-state index >= 15 is 0 Å². The Morgan fingerprint density at radius 2 is 1.53 bits per heavy atom. The highest BCUT2D eigenvalue weighted by Crippen LogP contribution is 2.40. The third kappa shape index (κ3) is 6.00. The number of hydrogen-bond donors (Lipinski definition) is 0. The second-order valence-electron chi connectivity index (χ2n) is 9.83. The summed E-state index contributed by atoms with van der Waals surface area (Å²) in [7, 11) is 5.18. The Labute approximate surface area is 225 Å². The van der Waals surface area contributed by atoms with Crippen LogP contribution in [0.3, 0.4) is 0 Å². The summed E-state index contributed by atoms with van der Waals surface area (Å²) in [4.78, 5) is 5.02. The van der Waals surface area contributed by atoms with E-state index in [1.807, 2.05) is 42.5 Å². The van der Waals surface area contributed by atoms with Crippen molar-refractivity contribution in [2.45, 2.75) is 31.0 Å². The largest absolute Gasteiger partial charge is 0.497 e. The van der Waals surface area contributed by atoms with Gasteiger partial charge in [-0.25, -0.2) is 0 Å². The Morgan fingerprint density at radius 1 is 0.842 bits per heavy atom. The summed E-state index contributed by atoms with van der Waals surface area (Å²) in [5, 5.41) is 0. The molecule has 2 aliphatic rings. The minimum atomic E-state index is 0.157. The van der Waals surface area contributed by atoms with E-state index in [0.717, 1.165) is 61.2 Å². The molecule has 202 valence electrons. The number of rotatable bonds is 10. The van der Waals surface area contributed by atoms with Gasteiger partial charge in [0.2, 0.25) is 0 Å². The van der Waals surface area contributed by atoms with E-state index in [0.29, 0.717) is 13.2 Å². The van der Waals surface area contributed by atoms with E-state index in [4.69, 9.17) is 23.7 Å². The molecule has 5 rings (SSSR count). The number of ether oxygens (including phenoxy) is 5. The van der Waals surface area contributed by atoms with Crippen LogP contribution in [0.5, 0.6) is 23.0 Å². The van der Waals surface area contributed by atoms with Gasteiger partial charge in [0.15, 0.2) is 0 Å². The number of anilines is 1. The fourth-order valence-electron chi connectivity index (χ4n) is 5.46. The van der Waals surface area contributed by atoms with Crippen LogP contribution in [0.4, 0.5) is 5.69 Å². The lowest BCUT2D eigenvalue weighted by Crippen LogP contribution is -2.48. The second-order valence-corrected chi connectivity index (χ2v) is 9.83. The number of likely N-dealkylation sites (tertiary alicyclic amines) is 1. The zero-order valence-corrected chi connectivity index (χ0v) is 22.5. The van der Waals surface area contributed by atoms with E-state index in [2.05, 4.69) is 40.1 Å². The average molecular weight is 519 g/mol. The molecule has 38 heavy (non-hydrogen) atoms. The molecule has 3 atom stereocenters. The molecule has 1 saturated heterocycles. The summed E-state index contributed by atoms with van der Waals surface area (Å²) < 4.78 is 29.0. The maximum absolute atomic E-state index is 6.37. The van der Waals surface area contributed by atoms with Crippen LogP contribution >= 0.6 is 0 Å². The van der Waals surface area contributed by atoms with Crippen molar-refractivity contribution in [2.75, 3.05) is 59.1 Å². The van der Waals surface area contributed by atoms with Crippen LogP contribution in [0.15, 0.2) is 72.8 Å². The lowest BCUT2D eigenvalue weighted by Gasteiger charge is -2.38. The highest BCUT2D eigenvalue weighted by atomic mass is 16.5. The van der Waals surface area contributed by atoms with Gasteiger partial charge in [0.25, 0.3) is 0 Å². The van der Waals surface area contributed by atoms with Crippen molar-refractivity contribution >= 4 is 5.69 Å². The molecule has 0 radical (unpaired) electrons. The highest BCUT2D eigenvalue weighted by Gasteiger charge is 2.34. The molecule has 0 aliphatic carbocycles. The molecular weight excluding hydrogens is 480 g/mol. The zero-order valence-electron chi connectivity index (χ0n) is 22.5. The van der Waals surface area contributed by atoms with Crippen molar-refractivity contribution in [2.24, 2.45) is 0 Å². The molecule has 0 amide bonds. The normalized spacial score (nSPS) is 20.2. The summed E-state index contributed by atoms with van der Waals surface area (Å²) in [5.74, 6) is 3.44. The number of fused-ring (bicyclic) bond motifs is 1. The van der Waals surface area contributed by atoms with E-state index in [1.54, 1.807) is 21.3 Å². The standard InChI is InChI=1S/C31H38N2O5/c1-34-25-10-8-23(9-11-25)29-17-19-37-31-7-5-4-6-30(31)33(29)20-24(32-18-16-28(21-32)36-3)22-38-27-14-12-26(35-2)13-15-27/h4-15,24,28-29H,16-22H2,1-3H3. The molecule has 3 aromatic carbocycles. The van der Waals surface area contributed by atoms with E-state index in [-0.39, 0.29) is 18.2 Å². The van der Waals surface area contributed by atoms with Crippen molar-refractivity contribution in [1.29, 1.82) is 0 Å². The molecule has 2 heterocycles. The lowest BCUT2D eigenvalue weighted by atomic mass is 10.0. The smallest absolute Gasteiger partial charge is 0.142 e. The first kappa shape index (κ1) is 26.2. The van der Waals surface area contributed by atoms with Gasteiger partial charge in [-0.15, -0.1) is 0 Å². The summed E-state index contributed by atoms with van der Waals surface area (Å²) in [6.07, 6.45) is 2.15. The maximum Gasteiger partial charge on any atom is 0.142 e. The topological polar surface area (TPSA) is 52.6 Å². The van der Waals surface area contributed by atoms with Crippen LogP contribution in [0.2, 0.25) is 0 Å². The summed E-state index contributed by atoms with van der Waals surface area (Å²) in [6.45, 7) is 3.90. The maximum atomic E-state index is 6.37. The zero-order chi connectivity index (χ0) is 26.3. The van der Waals surface area contributed by atoms with Crippen LogP contribution in [-0.4, -0.2) is 71.2 Å². The summed E-state index contributed by atoms with van der Waals surface area (Å²) in [6, 6.07) is 24.9. The molecule has 0 bridgehead atoms. The molecule has 3 unspecified atom stereocenters. The fraction of sp³-hybridized carbons (Fsp3) is 0.419. The van der Waals surface area contributed by atoms with Gasteiger partial charge in [0.1, 0.15) is 29.6 Å². The summed E-state index contributed by atoms with van der Waals surface area (Å²) in [5.41, 5.74) is 2.36. The molecule has 7 heteroatoms. The number of methoxy groups -OCH3 is 3. The highest BCUT2D eigenvalue weighted by molar-refractivity contribution is 5.61. The quantitative estimate of drug-likeness (QED) is 0.366. The molecule has 0 aromatic heterocycles. The van der Waals surface area contributed by atoms with Gasteiger partial charge in [0.05, 0.1) is 44.7 Å². The Morgan fingerprint density at radius 3 is 2.21 bits per heavy atom. The van der Waals surface area contributed by atoms with Gasteiger partial charge in [-0.3, -0.25) is 4.90 Å². The monoisotopic (exact) mass is 518 g/mol. The Kier molecular flexibility index (Phi) is 8.56. The first-order valence-electron chi connectivity index (χ1n) is 13.3. The first-order chi connectivity index (χ1) is 18.7. The van der Waals surface area contributed by atoms with Crippen molar-refractivity contribution in [3.05, 3.63) is 78.4 Å². The minimum absolute atomic E-state index is 0.157. The Hall–Kier alpha value is -3.42. The minimum Gasteiger partial charge on any atom is -0.497 e. The van der Waals surface area contributed by atoms with Crippen molar-refractivity contribution < 1.29 is 23.7 Å². The molecule has 2 aliphatic heterocycles. The van der Waals surface area contributed by atoms with Crippen molar-refractivity contribution in [3.63, 3.8) is 0 Å². The molecule has 0 saturated carbocycles.